The van der Waals surface area contributed by atoms with Crippen molar-refractivity contribution in [1.29, 1.82) is 0 Å². The van der Waals surface area contributed by atoms with Crippen molar-refractivity contribution in [1.82, 2.24) is 0 Å². The zero-order valence-electron chi connectivity index (χ0n) is 9.47. The zero-order valence-corrected chi connectivity index (χ0v) is 10.4. The minimum Gasteiger partial charge on any atom is -0.321 e. The first-order valence-electron chi connectivity index (χ1n) is 5.54. The average Bonchev–Trinajstić information content (AvgIpc) is 2.24. The van der Waals surface area contributed by atoms with Crippen molar-refractivity contribution < 1.29 is 14.4 Å². The molecule has 89 valence electrons. The molecule has 1 aromatic rings. The Hall–Kier alpha value is -0.630. The van der Waals surface area contributed by atoms with Gasteiger partial charge in [-0.15, -0.1) is 0 Å². The predicted molar refractivity (Wildman–Crippen MR) is 65.7 cm³/mol. The smallest absolute Gasteiger partial charge is 0.321 e. The van der Waals surface area contributed by atoms with Crippen LogP contribution in [0.5, 0.6) is 0 Å². The number of hydrogen-bond donors (Lipinski definition) is 2. The van der Waals surface area contributed by atoms with Crippen LogP contribution < -0.4 is 5.30 Å². The van der Waals surface area contributed by atoms with Crippen LogP contribution in [-0.4, -0.2) is 9.79 Å². The topological polar surface area (TPSA) is 57.5 Å². The Kier molecular flexibility index (Phi) is 5.20. The molecule has 0 heterocycles. The van der Waals surface area contributed by atoms with Crippen molar-refractivity contribution in [3.05, 3.63) is 36.2 Å². The summed E-state index contributed by atoms with van der Waals surface area (Å²) in [6.45, 7) is 2.13. The lowest BCUT2D eigenvalue weighted by molar-refractivity contribution is 0.387. The van der Waals surface area contributed by atoms with Crippen LogP contribution in [0, 0.1) is 6.42 Å². The van der Waals surface area contributed by atoms with Gasteiger partial charge in [0.15, 0.2) is 0 Å². The summed E-state index contributed by atoms with van der Waals surface area (Å²) in [6.07, 6.45) is 6.13. The molecule has 0 atom stereocenters. The van der Waals surface area contributed by atoms with Crippen molar-refractivity contribution >= 4 is 12.9 Å². The fraction of sp³-hybridized carbons (Fsp3) is 0.417. The maximum Gasteiger partial charge on any atom is 0.356 e. The Morgan fingerprint density at radius 3 is 2.56 bits per heavy atom. The van der Waals surface area contributed by atoms with Crippen molar-refractivity contribution in [3.8, 4) is 0 Å². The molecule has 1 radical (unpaired) electrons. The van der Waals surface area contributed by atoms with E-state index in [-0.39, 0.29) is 5.30 Å². The fourth-order valence-electron chi connectivity index (χ4n) is 1.58. The molecule has 0 aliphatic carbocycles. The van der Waals surface area contributed by atoms with E-state index in [0.717, 1.165) is 25.7 Å². The molecule has 1 rings (SSSR count). The molecule has 0 saturated carbocycles. The molecule has 16 heavy (non-hydrogen) atoms. The highest BCUT2D eigenvalue weighted by Gasteiger charge is 2.20. The van der Waals surface area contributed by atoms with Gasteiger partial charge in [-0.2, -0.15) is 0 Å². The molecular formula is C12H18O3P. The fourth-order valence-corrected chi connectivity index (χ4v) is 2.36. The van der Waals surface area contributed by atoms with Gasteiger partial charge in [-0.1, -0.05) is 44.4 Å². The summed E-state index contributed by atoms with van der Waals surface area (Å²) in [5, 5.41) is 0.131. The normalized spacial score (nSPS) is 11.7. The molecule has 1 aromatic carbocycles. The highest BCUT2D eigenvalue weighted by atomic mass is 31.2. The molecule has 0 amide bonds. The second kappa shape index (κ2) is 6.19. The lowest BCUT2D eigenvalue weighted by Crippen LogP contribution is -2.09. The summed E-state index contributed by atoms with van der Waals surface area (Å²) in [4.78, 5) is 18.3. The van der Waals surface area contributed by atoms with E-state index in [1.54, 1.807) is 18.2 Å². The Morgan fingerprint density at radius 1 is 1.25 bits per heavy atom. The van der Waals surface area contributed by atoms with E-state index < -0.39 is 7.60 Å². The van der Waals surface area contributed by atoms with Crippen LogP contribution in [0.2, 0.25) is 0 Å². The van der Waals surface area contributed by atoms with Gasteiger partial charge in [0.1, 0.15) is 0 Å². The van der Waals surface area contributed by atoms with Crippen molar-refractivity contribution in [2.24, 2.45) is 0 Å². The second-order valence-corrected chi connectivity index (χ2v) is 5.37. The average molecular weight is 241 g/mol. The largest absolute Gasteiger partial charge is 0.356 e. The molecule has 0 aliphatic heterocycles. The molecule has 0 fully saturated rings. The van der Waals surface area contributed by atoms with Gasteiger partial charge < -0.3 is 9.79 Å². The van der Waals surface area contributed by atoms with Crippen molar-refractivity contribution in [2.75, 3.05) is 0 Å². The highest BCUT2D eigenvalue weighted by Crippen LogP contribution is 2.35. The predicted octanol–water partition coefficient (Wildman–Crippen LogP) is 2.62. The summed E-state index contributed by atoms with van der Waals surface area (Å²) >= 11 is 0. The van der Waals surface area contributed by atoms with E-state index in [2.05, 4.69) is 6.92 Å². The van der Waals surface area contributed by atoms with E-state index in [4.69, 9.17) is 9.79 Å². The van der Waals surface area contributed by atoms with Gasteiger partial charge >= 0.3 is 7.60 Å². The van der Waals surface area contributed by atoms with Crippen LogP contribution in [0.1, 0.15) is 38.2 Å². The number of benzene rings is 1. The first kappa shape index (κ1) is 13.4. The summed E-state index contributed by atoms with van der Waals surface area (Å²) in [7, 11) is -4.14. The van der Waals surface area contributed by atoms with Gasteiger partial charge in [-0.3, -0.25) is 4.57 Å². The minimum absolute atomic E-state index is 0.131. The highest BCUT2D eigenvalue weighted by molar-refractivity contribution is 7.60. The summed E-state index contributed by atoms with van der Waals surface area (Å²) in [6, 6.07) is 6.69. The SMILES string of the molecule is CCCCC[CH]c1ccccc1P(=O)(O)O. The molecule has 0 bridgehead atoms. The molecule has 0 spiro atoms. The van der Waals surface area contributed by atoms with E-state index in [9.17, 15) is 4.57 Å². The van der Waals surface area contributed by atoms with Crippen LogP contribution >= 0.6 is 7.60 Å². The maximum absolute atomic E-state index is 11.2. The van der Waals surface area contributed by atoms with Crippen LogP contribution in [-0.2, 0) is 4.57 Å². The molecule has 0 saturated heterocycles. The van der Waals surface area contributed by atoms with E-state index in [1.807, 2.05) is 6.42 Å². The summed E-state index contributed by atoms with van der Waals surface area (Å²) in [5.74, 6) is 0. The maximum atomic E-state index is 11.2. The van der Waals surface area contributed by atoms with Gasteiger partial charge in [-0.05, 0) is 24.5 Å². The van der Waals surface area contributed by atoms with Gasteiger partial charge in [0.25, 0.3) is 0 Å². The summed E-state index contributed by atoms with van der Waals surface area (Å²) in [5.41, 5.74) is 0.659. The Bertz CT molecular complexity index is 370. The Labute approximate surface area is 96.7 Å². The van der Waals surface area contributed by atoms with E-state index in [0.29, 0.717) is 5.56 Å². The van der Waals surface area contributed by atoms with Crippen molar-refractivity contribution in [3.63, 3.8) is 0 Å². The monoisotopic (exact) mass is 241 g/mol. The number of rotatable bonds is 6. The third-order valence-corrected chi connectivity index (χ3v) is 3.46. The van der Waals surface area contributed by atoms with Crippen molar-refractivity contribution in [2.45, 2.75) is 32.6 Å². The lowest BCUT2D eigenvalue weighted by atomic mass is 10.1. The Morgan fingerprint density at radius 2 is 1.94 bits per heavy atom. The van der Waals surface area contributed by atoms with Crippen LogP contribution in [0.15, 0.2) is 24.3 Å². The van der Waals surface area contributed by atoms with Crippen LogP contribution in [0.3, 0.4) is 0 Å². The second-order valence-electron chi connectivity index (χ2n) is 3.80. The standard InChI is InChI=1S/C12H18O3P/c1-2-3-4-5-8-11-9-6-7-10-12(11)16(13,14)15/h6-10H,2-5H2,1H3,(H2,13,14,15). The first-order chi connectivity index (χ1) is 7.55. The van der Waals surface area contributed by atoms with E-state index >= 15 is 0 Å². The quantitative estimate of drug-likeness (QED) is 0.594. The minimum atomic E-state index is -4.14. The van der Waals surface area contributed by atoms with Gasteiger partial charge in [0.2, 0.25) is 0 Å². The molecule has 0 unspecified atom stereocenters. The van der Waals surface area contributed by atoms with Gasteiger partial charge in [-0.25, -0.2) is 0 Å². The zero-order chi connectivity index (χ0) is 12.0. The number of hydrogen-bond acceptors (Lipinski definition) is 1. The van der Waals surface area contributed by atoms with E-state index in [1.165, 1.54) is 6.07 Å². The molecule has 0 aliphatic rings. The molecular weight excluding hydrogens is 223 g/mol. The third-order valence-electron chi connectivity index (χ3n) is 2.42. The van der Waals surface area contributed by atoms with Gasteiger partial charge in [0.05, 0.1) is 5.30 Å². The first-order valence-corrected chi connectivity index (χ1v) is 7.15. The number of unbranched alkanes of at least 4 members (excludes halogenated alkanes) is 3. The summed E-state index contributed by atoms with van der Waals surface area (Å²) < 4.78 is 11.2. The third kappa shape index (κ3) is 4.09. The van der Waals surface area contributed by atoms with Gasteiger partial charge in [0, 0.05) is 0 Å². The molecule has 4 heteroatoms. The van der Waals surface area contributed by atoms with Crippen LogP contribution in [0.25, 0.3) is 0 Å². The molecule has 0 aromatic heterocycles. The Balaban J connectivity index is 2.69. The van der Waals surface area contributed by atoms with Crippen LogP contribution in [0.4, 0.5) is 0 Å². The molecule has 3 nitrogen and oxygen atoms in total. The lowest BCUT2D eigenvalue weighted by Gasteiger charge is -2.10. The molecule has 2 N–H and O–H groups in total.